The van der Waals surface area contributed by atoms with Crippen molar-refractivity contribution in [3.05, 3.63) is 63.7 Å². The van der Waals surface area contributed by atoms with E-state index >= 15 is 0 Å². The Morgan fingerprint density at radius 1 is 1.24 bits per heavy atom. The van der Waals surface area contributed by atoms with Crippen molar-refractivity contribution in [2.45, 2.75) is 19.9 Å². The molecule has 2 rings (SSSR count). The summed E-state index contributed by atoms with van der Waals surface area (Å²) in [6, 6.07) is 11.6. The summed E-state index contributed by atoms with van der Waals surface area (Å²) in [5, 5.41) is 14.1. The molecule has 7 heteroatoms. The molecule has 0 bridgehead atoms. The topological polar surface area (TPSA) is 90.7 Å². The van der Waals surface area contributed by atoms with E-state index < -0.39 is 10.8 Å². The SMILES string of the molecule is CCOc1cc([N+](=O)[O-])c(C(=O)NC(C)c2ccccc2)cc1OC. The third-order valence-electron chi connectivity index (χ3n) is 3.67. The summed E-state index contributed by atoms with van der Waals surface area (Å²) in [6.45, 7) is 3.89. The fourth-order valence-corrected chi connectivity index (χ4v) is 2.41. The Morgan fingerprint density at radius 3 is 2.48 bits per heavy atom. The lowest BCUT2D eigenvalue weighted by atomic mass is 10.1. The molecule has 1 atom stereocenters. The third kappa shape index (κ3) is 4.26. The van der Waals surface area contributed by atoms with Crippen LogP contribution in [0.15, 0.2) is 42.5 Å². The normalized spacial score (nSPS) is 11.5. The maximum atomic E-state index is 12.6. The van der Waals surface area contributed by atoms with Gasteiger partial charge in [0.15, 0.2) is 11.5 Å². The van der Waals surface area contributed by atoms with Gasteiger partial charge in [0.25, 0.3) is 11.6 Å². The number of amides is 1. The predicted molar refractivity (Wildman–Crippen MR) is 93.1 cm³/mol. The molecule has 0 aliphatic carbocycles. The summed E-state index contributed by atoms with van der Waals surface area (Å²) in [6.07, 6.45) is 0. The van der Waals surface area contributed by atoms with E-state index in [1.807, 2.05) is 37.3 Å². The molecule has 0 radical (unpaired) electrons. The molecule has 1 unspecified atom stereocenters. The Kier molecular flexibility index (Phi) is 5.94. The van der Waals surface area contributed by atoms with Crippen molar-refractivity contribution in [1.82, 2.24) is 5.32 Å². The number of nitrogens with zero attached hydrogens (tertiary/aromatic N) is 1. The Hall–Kier alpha value is -3.09. The van der Waals surface area contributed by atoms with Crippen LogP contribution in [0.5, 0.6) is 11.5 Å². The van der Waals surface area contributed by atoms with Crippen LogP contribution in [0.2, 0.25) is 0 Å². The zero-order chi connectivity index (χ0) is 18.4. The van der Waals surface area contributed by atoms with Crippen LogP contribution >= 0.6 is 0 Å². The standard InChI is InChI=1S/C18H20N2O5/c1-4-25-17-11-15(20(22)23)14(10-16(17)24-3)18(21)19-12(2)13-8-6-5-7-9-13/h5-12H,4H2,1-3H3,(H,19,21). The molecule has 25 heavy (non-hydrogen) atoms. The molecule has 0 aromatic heterocycles. The van der Waals surface area contributed by atoms with E-state index in [1.54, 1.807) is 6.92 Å². The second-order valence-corrected chi connectivity index (χ2v) is 5.32. The highest BCUT2D eigenvalue weighted by molar-refractivity contribution is 5.99. The monoisotopic (exact) mass is 344 g/mol. The molecule has 0 aliphatic rings. The first-order valence-electron chi connectivity index (χ1n) is 7.83. The molecule has 132 valence electrons. The van der Waals surface area contributed by atoms with Crippen molar-refractivity contribution in [1.29, 1.82) is 0 Å². The molecule has 0 saturated carbocycles. The minimum Gasteiger partial charge on any atom is -0.493 e. The molecular weight excluding hydrogens is 324 g/mol. The van der Waals surface area contributed by atoms with Crippen molar-refractivity contribution >= 4 is 11.6 Å². The van der Waals surface area contributed by atoms with Crippen LogP contribution in [-0.4, -0.2) is 24.5 Å². The minimum atomic E-state index is -0.607. The van der Waals surface area contributed by atoms with Gasteiger partial charge in [-0.3, -0.25) is 14.9 Å². The predicted octanol–water partition coefficient (Wildman–Crippen LogP) is 3.49. The van der Waals surface area contributed by atoms with E-state index in [9.17, 15) is 14.9 Å². The van der Waals surface area contributed by atoms with Crippen molar-refractivity contribution < 1.29 is 19.2 Å². The molecule has 0 heterocycles. The van der Waals surface area contributed by atoms with Crippen LogP contribution in [0.1, 0.15) is 35.8 Å². The molecule has 0 saturated heterocycles. The number of rotatable bonds is 7. The van der Waals surface area contributed by atoms with Crippen LogP contribution < -0.4 is 14.8 Å². The van der Waals surface area contributed by atoms with Gasteiger partial charge in [-0.2, -0.15) is 0 Å². The highest BCUT2D eigenvalue weighted by atomic mass is 16.6. The molecule has 2 aromatic carbocycles. The Labute approximate surface area is 145 Å². The summed E-state index contributed by atoms with van der Waals surface area (Å²) in [5.41, 5.74) is 0.492. The lowest BCUT2D eigenvalue weighted by Crippen LogP contribution is -2.27. The highest BCUT2D eigenvalue weighted by Gasteiger charge is 2.25. The number of carbonyl (C=O) groups is 1. The van der Waals surface area contributed by atoms with Gasteiger partial charge < -0.3 is 14.8 Å². The van der Waals surface area contributed by atoms with E-state index in [-0.39, 0.29) is 28.8 Å². The van der Waals surface area contributed by atoms with Crippen molar-refractivity contribution in [2.24, 2.45) is 0 Å². The average molecular weight is 344 g/mol. The number of nitro benzene ring substituents is 1. The number of carbonyl (C=O) groups excluding carboxylic acids is 1. The quantitative estimate of drug-likeness (QED) is 0.613. The molecular formula is C18H20N2O5. The number of hydrogen-bond acceptors (Lipinski definition) is 5. The molecule has 0 aliphatic heterocycles. The van der Waals surface area contributed by atoms with Gasteiger partial charge >= 0.3 is 0 Å². The van der Waals surface area contributed by atoms with E-state index in [0.29, 0.717) is 6.61 Å². The van der Waals surface area contributed by atoms with E-state index in [0.717, 1.165) is 5.56 Å². The maximum Gasteiger partial charge on any atom is 0.286 e. The van der Waals surface area contributed by atoms with Gasteiger partial charge in [-0.15, -0.1) is 0 Å². The summed E-state index contributed by atoms with van der Waals surface area (Å²) in [4.78, 5) is 23.3. The molecule has 0 fully saturated rings. The largest absolute Gasteiger partial charge is 0.493 e. The van der Waals surface area contributed by atoms with Crippen LogP contribution in [0.3, 0.4) is 0 Å². The molecule has 7 nitrogen and oxygen atoms in total. The molecule has 0 spiro atoms. The van der Waals surface area contributed by atoms with Crippen molar-refractivity contribution in [3.8, 4) is 11.5 Å². The summed E-state index contributed by atoms with van der Waals surface area (Å²) in [7, 11) is 1.41. The van der Waals surface area contributed by atoms with Gasteiger partial charge in [-0.05, 0) is 19.4 Å². The lowest BCUT2D eigenvalue weighted by molar-refractivity contribution is -0.385. The fraction of sp³-hybridized carbons (Fsp3) is 0.278. The second kappa shape index (κ2) is 8.14. The molecule has 1 N–H and O–H groups in total. The van der Waals surface area contributed by atoms with Gasteiger partial charge in [0, 0.05) is 6.07 Å². The first-order valence-corrected chi connectivity index (χ1v) is 7.83. The fourth-order valence-electron chi connectivity index (χ4n) is 2.41. The number of hydrogen-bond donors (Lipinski definition) is 1. The van der Waals surface area contributed by atoms with E-state index in [2.05, 4.69) is 5.32 Å². The van der Waals surface area contributed by atoms with E-state index in [1.165, 1.54) is 19.2 Å². The van der Waals surface area contributed by atoms with Gasteiger partial charge in [-0.1, -0.05) is 30.3 Å². The zero-order valence-corrected chi connectivity index (χ0v) is 14.3. The third-order valence-corrected chi connectivity index (χ3v) is 3.67. The van der Waals surface area contributed by atoms with Gasteiger partial charge in [0.05, 0.1) is 30.7 Å². The highest BCUT2D eigenvalue weighted by Crippen LogP contribution is 2.35. The Morgan fingerprint density at radius 2 is 1.92 bits per heavy atom. The second-order valence-electron chi connectivity index (χ2n) is 5.32. The Bertz CT molecular complexity index is 762. The van der Waals surface area contributed by atoms with E-state index in [4.69, 9.17) is 9.47 Å². The first kappa shape index (κ1) is 18.3. The summed E-state index contributed by atoms with van der Waals surface area (Å²) < 4.78 is 10.5. The van der Waals surface area contributed by atoms with Crippen LogP contribution in [0.4, 0.5) is 5.69 Å². The van der Waals surface area contributed by atoms with Crippen molar-refractivity contribution in [3.63, 3.8) is 0 Å². The zero-order valence-electron chi connectivity index (χ0n) is 14.3. The van der Waals surface area contributed by atoms with Gasteiger partial charge in [0.2, 0.25) is 0 Å². The van der Waals surface area contributed by atoms with Gasteiger partial charge in [-0.25, -0.2) is 0 Å². The lowest BCUT2D eigenvalue weighted by Gasteiger charge is -2.16. The maximum absolute atomic E-state index is 12.6. The minimum absolute atomic E-state index is 0.0758. The number of nitro groups is 1. The van der Waals surface area contributed by atoms with Crippen molar-refractivity contribution in [2.75, 3.05) is 13.7 Å². The first-order chi connectivity index (χ1) is 12.0. The van der Waals surface area contributed by atoms with Crippen LogP contribution in [0, 0.1) is 10.1 Å². The number of nitrogens with one attached hydrogen (secondary N) is 1. The number of benzene rings is 2. The smallest absolute Gasteiger partial charge is 0.286 e. The number of methoxy groups -OCH3 is 1. The number of ether oxygens (including phenoxy) is 2. The average Bonchev–Trinajstić information content (AvgIpc) is 2.62. The van der Waals surface area contributed by atoms with Crippen LogP contribution in [0.25, 0.3) is 0 Å². The van der Waals surface area contributed by atoms with Gasteiger partial charge in [0.1, 0.15) is 5.56 Å². The molecule has 2 aromatic rings. The summed E-state index contributed by atoms with van der Waals surface area (Å²) >= 11 is 0. The van der Waals surface area contributed by atoms with Crippen LogP contribution in [-0.2, 0) is 0 Å². The Balaban J connectivity index is 2.35. The molecule has 1 amide bonds. The summed E-state index contributed by atoms with van der Waals surface area (Å²) in [5.74, 6) is -0.0567.